The molecule has 19 heavy (non-hydrogen) atoms. The first-order chi connectivity index (χ1) is 9.24. The molecular formula is C15H14ClFN2. The lowest BCUT2D eigenvalue weighted by Gasteiger charge is -2.26. The Morgan fingerprint density at radius 2 is 2.21 bits per heavy atom. The number of hydrogen-bond acceptors (Lipinski definition) is 2. The molecule has 98 valence electrons. The minimum atomic E-state index is -0.285. The zero-order valence-electron chi connectivity index (χ0n) is 10.4. The molecule has 1 heterocycles. The molecule has 1 aromatic heterocycles. The maximum absolute atomic E-state index is 13.8. The molecule has 0 bridgehead atoms. The van der Waals surface area contributed by atoms with Crippen LogP contribution in [0.1, 0.15) is 30.1 Å². The fourth-order valence-corrected chi connectivity index (χ4v) is 2.72. The molecule has 1 N–H and O–H groups in total. The van der Waals surface area contributed by atoms with E-state index < -0.39 is 0 Å². The standard InChI is InChI=1S/C15H14ClFN2/c16-11-6-7-12(17)14(9-11)19-13-5-1-3-10-4-2-8-18-15(10)13/h2,4,6-9,13,19H,1,3,5H2. The predicted molar refractivity (Wildman–Crippen MR) is 74.9 cm³/mol. The van der Waals surface area contributed by atoms with Crippen LogP contribution in [0.2, 0.25) is 5.02 Å². The zero-order chi connectivity index (χ0) is 13.2. The number of hydrogen-bond donors (Lipinski definition) is 1. The van der Waals surface area contributed by atoms with E-state index in [1.165, 1.54) is 11.6 Å². The molecule has 0 spiro atoms. The number of pyridine rings is 1. The van der Waals surface area contributed by atoms with Crippen LogP contribution in [-0.2, 0) is 6.42 Å². The van der Waals surface area contributed by atoms with Crippen molar-refractivity contribution in [3.05, 3.63) is 58.6 Å². The van der Waals surface area contributed by atoms with E-state index in [0.29, 0.717) is 10.7 Å². The highest BCUT2D eigenvalue weighted by molar-refractivity contribution is 6.30. The number of benzene rings is 1. The van der Waals surface area contributed by atoms with Gasteiger partial charge < -0.3 is 5.32 Å². The van der Waals surface area contributed by atoms with E-state index >= 15 is 0 Å². The van der Waals surface area contributed by atoms with Crippen LogP contribution in [0.3, 0.4) is 0 Å². The Balaban J connectivity index is 1.90. The second-order valence-corrected chi connectivity index (χ2v) is 5.20. The van der Waals surface area contributed by atoms with Gasteiger partial charge in [-0.3, -0.25) is 4.98 Å². The Morgan fingerprint density at radius 3 is 3.11 bits per heavy atom. The van der Waals surface area contributed by atoms with Gasteiger partial charge in [-0.1, -0.05) is 17.7 Å². The van der Waals surface area contributed by atoms with Crippen LogP contribution in [0.4, 0.5) is 10.1 Å². The van der Waals surface area contributed by atoms with Gasteiger partial charge in [0.1, 0.15) is 5.82 Å². The number of aromatic nitrogens is 1. The van der Waals surface area contributed by atoms with Crippen LogP contribution in [-0.4, -0.2) is 4.98 Å². The van der Waals surface area contributed by atoms with Gasteiger partial charge in [0.2, 0.25) is 0 Å². The molecule has 1 aliphatic rings. The summed E-state index contributed by atoms with van der Waals surface area (Å²) in [5.74, 6) is -0.285. The molecule has 1 unspecified atom stereocenters. The Kier molecular flexibility index (Phi) is 3.38. The van der Waals surface area contributed by atoms with Gasteiger partial charge in [-0.2, -0.15) is 0 Å². The molecule has 0 saturated carbocycles. The van der Waals surface area contributed by atoms with Crippen molar-refractivity contribution in [3.63, 3.8) is 0 Å². The summed E-state index contributed by atoms with van der Waals surface area (Å²) in [6, 6.07) is 8.64. The van der Waals surface area contributed by atoms with Gasteiger partial charge in [0.25, 0.3) is 0 Å². The number of rotatable bonds is 2. The summed E-state index contributed by atoms with van der Waals surface area (Å²) in [5, 5.41) is 3.75. The number of nitrogens with one attached hydrogen (secondary N) is 1. The summed E-state index contributed by atoms with van der Waals surface area (Å²) in [7, 11) is 0. The van der Waals surface area contributed by atoms with Crippen molar-refractivity contribution in [1.29, 1.82) is 0 Å². The number of halogens is 2. The summed E-state index contributed by atoms with van der Waals surface area (Å²) >= 11 is 5.91. The minimum absolute atomic E-state index is 0.0536. The first kappa shape index (κ1) is 12.4. The second kappa shape index (κ2) is 5.17. The van der Waals surface area contributed by atoms with Crippen LogP contribution in [0.5, 0.6) is 0 Å². The summed E-state index contributed by atoms with van der Waals surface area (Å²) in [6.45, 7) is 0. The van der Waals surface area contributed by atoms with Gasteiger partial charge in [-0.25, -0.2) is 4.39 Å². The van der Waals surface area contributed by atoms with Crippen molar-refractivity contribution < 1.29 is 4.39 Å². The van der Waals surface area contributed by atoms with Crippen molar-refractivity contribution in [1.82, 2.24) is 4.98 Å². The SMILES string of the molecule is Fc1ccc(Cl)cc1NC1CCCc2cccnc21. The third kappa shape index (κ3) is 2.56. The quantitative estimate of drug-likeness (QED) is 0.881. The lowest BCUT2D eigenvalue weighted by Crippen LogP contribution is -2.19. The Morgan fingerprint density at radius 1 is 1.32 bits per heavy atom. The highest BCUT2D eigenvalue weighted by Crippen LogP contribution is 2.32. The summed E-state index contributed by atoms with van der Waals surface area (Å²) in [5.41, 5.74) is 2.71. The molecule has 2 aromatic rings. The molecule has 2 nitrogen and oxygen atoms in total. The highest BCUT2D eigenvalue weighted by atomic mass is 35.5. The smallest absolute Gasteiger partial charge is 0.146 e. The van der Waals surface area contributed by atoms with E-state index in [4.69, 9.17) is 11.6 Å². The van der Waals surface area contributed by atoms with E-state index in [1.807, 2.05) is 6.07 Å². The van der Waals surface area contributed by atoms with Crippen molar-refractivity contribution in [2.45, 2.75) is 25.3 Å². The van der Waals surface area contributed by atoms with E-state index in [1.54, 1.807) is 18.3 Å². The van der Waals surface area contributed by atoms with Crippen LogP contribution >= 0.6 is 11.6 Å². The molecule has 1 aliphatic carbocycles. The van der Waals surface area contributed by atoms with Crippen molar-refractivity contribution in [2.75, 3.05) is 5.32 Å². The van der Waals surface area contributed by atoms with Crippen molar-refractivity contribution in [2.24, 2.45) is 0 Å². The third-order valence-corrected chi connectivity index (χ3v) is 3.69. The van der Waals surface area contributed by atoms with Crippen molar-refractivity contribution >= 4 is 17.3 Å². The number of nitrogens with zero attached hydrogens (tertiary/aromatic N) is 1. The molecule has 0 saturated heterocycles. The molecule has 0 radical (unpaired) electrons. The molecule has 0 aliphatic heterocycles. The Labute approximate surface area is 116 Å². The summed E-state index contributed by atoms with van der Waals surface area (Å²) < 4.78 is 13.8. The van der Waals surface area contributed by atoms with E-state index in [9.17, 15) is 4.39 Å². The van der Waals surface area contributed by atoms with Gasteiger partial charge in [-0.15, -0.1) is 0 Å². The van der Waals surface area contributed by atoms with Crippen LogP contribution in [0.25, 0.3) is 0 Å². The maximum atomic E-state index is 13.8. The largest absolute Gasteiger partial charge is 0.374 e. The van der Waals surface area contributed by atoms with Crippen LogP contribution < -0.4 is 5.32 Å². The van der Waals surface area contributed by atoms with Crippen molar-refractivity contribution in [3.8, 4) is 0 Å². The van der Waals surface area contributed by atoms with Crippen LogP contribution in [0, 0.1) is 5.82 Å². The molecule has 0 amide bonds. The molecule has 1 aromatic carbocycles. The first-order valence-corrected chi connectivity index (χ1v) is 6.77. The lowest BCUT2D eigenvalue weighted by atomic mass is 9.92. The molecule has 1 atom stereocenters. The number of fused-ring (bicyclic) bond motifs is 1. The Bertz CT molecular complexity index is 600. The highest BCUT2D eigenvalue weighted by Gasteiger charge is 2.21. The van der Waals surface area contributed by atoms with E-state index in [0.717, 1.165) is 25.0 Å². The first-order valence-electron chi connectivity index (χ1n) is 6.39. The summed E-state index contributed by atoms with van der Waals surface area (Å²) in [6.07, 6.45) is 4.86. The van der Waals surface area contributed by atoms with Gasteiger partial charge in [-0.05, 0) is 49.1 Å². The van der Waals surface area contributed by atoms with E-state index in [-0.39, 0.29) is 11.9 Å². The molecule has 0 fully saturated rings. The third-order valence-electron chi connectivity index (χ3n) is 3.45. The maximum Gasteiger partial charge on any atom is 0.146 e. The van der Waals surface area contributed by atoms with Gasteiger partial charge in [0.05, 0.1) is 17.4 Å². The normalized spacial score (nSPS) is 17.9. The molecule has 3 rings (SSSR count). The topological polar surface area (TPSA) is 24.9 Å². The second-order valence-electron chi connectivity index (χ2n) is 4.76. The average Bonchev–Trinajstić information content (AvgIpc) is 2.43. The fourth-order valence-electron chi connectivity index (χ4n) is 2.55. The van der Waals surface area contributed by atoms with Gasteiger partial charge in [0.15, 0.2) is 0 Å². The van der Waals surface area contributed by atoms with E-state index in [2.05, 4.69) is 16.4 Å². The van der Waals surface area contributed by atoms with Gasteiger partial charge >= 0.3 is 0 Å². The molecule has 4 heteroatoms. The average molecular weight is 277 g/mol. The van der Waals surface area contributed by atoms with Crippen LogP contribution in [0.15, 0.2) is 36.5 Å². The zero-order valence-corrected chi connectivity index (χ0v) is 11.1. The summed E-state index contributed by atoms with van der Waals surface area (Å²) in [4.78, 5) is 4.43. The fraction of sp³-hybridized carbons (Fsp3) is 0.267. The number of aryl methyl sites for hydroxylation is 1. The Hall–Kier alpha value is -1.61. The molecular weight excluding hydrogens is 263 g/mol. The number of anilines is 1. The minimum Gasteiger partial charge on any atom is -0.374 e. The van der Waals surface area contributed by atoms with Gasteiger partial charge in [0, 0.05) is 11.2 Å². The lowest BCUT2D eigenvalue weighted by molar-refractivity contribution is 0.573. The predicted octanol–water partition coefficient (Wildman–Crippen LogP) is 4.36. The monoisotopic (exact) mass is 276 g/mol.